The van der Waals surface area contributed by atoms with Crippen molar-refractivity contribution in [2.24, 2.45) is 0 Å². The second kappa shape index (κ2) is 10.4. The van der Waals surface area contributed by atoms with E-state index in [4.69, 9.17) is 9.72 Å². The van der Waals surface area contributed by atoms with Gasteiger partial charge in [-0.2, -0.15) is 5.10 Å². The molecule has 11 nitrogen and oxygen atoms in total. The van der Waals surface area contributed by atoms with Gasteiger partial charge in [0.25, 0.3) is 0 Å². The Hall–Kier alpha value is -5.26. The number of fused-ring (bicyclic) bond motifs is 2. The highest BCUT2D eigenvalue weighted by Gasteiger charge is 2.24. The largest absolute Gasteiger partial charge is 0.457 e. The molecule has 41 heavy (non-hydrogen) atoms. The summed E-state index contributed by atoms with van der Waals surface area (Å²) in [6.07, 6.45) is 8.32. The van der Waals surface area contributed by atoms with E-state index in [1.165, 1.54) is 18.7 Å². The number of rotatable bonds is 6. The molecule has 206 valence electrons. The monoisotopic (exact) mass is 551 g/mol. The van der Waals surface area contributed by atoms with Crippen LogP contribution in [0.25, 0.3) is 22.3 Å². The second-order valence-corrected chi connectivity index (χ2v) is 9.71. The van der Waals surface area contributed by atoms with Crippen LogP contribution < -0.4 is 10.1 Å². The Kier molecular flexibility index (Phi) is 6.58. The Morgan fingerprint density at radius 3 is 2.83 bits per heavy atom. The minimum absolute atomic E-state index is 0.118. The molecule has 5 heterocycles. The van der Waals surface area contributed by atoms with Gasteiger partial charge in [0.1, 0.15) is 35.2 Å². The molecule has 0 fully saturated rings. The molecular weight excluding hydrogens is 525 g/mol. The van der Waals surface area contributed by atoms with Crippen LogP contribution in [0, 0.1) is 19.7 Å². The molecular formula is C29H26FN9O2. The van der Waals surface area contributed by atoms with Crippen molar-refractivity contribution in [3.8, 4) is 11.5 Å². The number of pyridine rings is 1. The van der Waals surface area contributed by atoms with E-state index in [1.54, 1.807) is 40.7 Å². The third kappa shape index (κ3) is 4.84. The summed E-state index contributed by atoms with van der Waals surface area (Å²) >= 11 is 0. The van der Waals surface area contributed by atoms with Crippen LogP contribution in [0.15, 0.2) is 61.8 Å². The van der Waals surface area contributed by atoms with Crippen LogP contribution in [0.2, 0.25) is 0 Å². The number of carbonyl (C=O) groups is 1. The predicted octanol–water partition coefficient (Wildman–Crippen LogP) is 4.94. The number of hydrogen-bond donors (Lipinski definition) is 1. The van der Waals surface area contributed by atoms with Crippen LogP contribution >= 0.6 is 0 Å². The van der Waals surface area contributed by atoms with Gasteiger partial charge in [0.05, 0.1) is 11.9 Å². The Balaban J connectivity index is 1.28. The van der Waals surface area contributed by atoms with Gasteiger partial charge in [-0.1, -0.05) is 12.7 Å². The summed E-state index contributed by atoms with van der Waals surface area (Å²) in [6, 6.07) is 6.71. The number of anilines is 2. The fraction of sp³-hybridized carbons (Fsp3) is 0.207. The van der Waals surface area contributed by atoms with Crippen molar-refractivity contribution in [1.29, 1.82) is 0 Å². The fourth-order valence-corrected chi connectivity index (χ4v) is 4.87. The molecule has 0 spiro atoms. The van der Waals surface area contributed by atoms with Gasteiger partial charge in [0.15, 0.2) is 23.1 Å². The number of aromatic nitrogens is 7. The van der Waals surface area contributed by atoms with Crippen LogP contribution in [0.4, 0.5) is 15.9 Å². The van der Waals surface area contributed by atoms with E-state index in [0.717, 1.165) is 11.3 Å². The average molecular weight is 552 g/mol. The normalized spacial score (nSPS) is 15.2. The van der Waals surface area contributed by atoms with E-state index in [-0.39, 0.29) is 17.6 Å². The summed E-state index contributed by atoms with van der Waals surface area (Å²) in [5.41, 5.74) is 3.87. The first kappa shape index (κ1) is 26.0. The van der Waals surface area contributed by atoms with Crippen molar-refractivity contribution < 1.29 is 13.9 Å². The van der Waals surface area contributed by atoms with E-state index in [9.17, 15) is 4.79 Å². The molecule has 0 saturated heterocycles. The number of halogens is 1. The number of ether oxygens (including phenoxy) is 1. The van der Waals surface area contributed by atoms with Gasteiger partial charge in [-0.25, -0.2) is 33.8 Å². The number of hydrogen-bond acceptors (Lipinski definition) is 9. The first-order chi connectivity index (χ1) is 19.8. The second-order valence-electron chi connectivity index (χ2n) is 9.71. The highest BCUT2D eigenvalue weighted by Crippen LogP contribution is 2.33. The van der Waals surface area contributed by atoms with E-state index >= 15 is 4.39 Å². The quantitative estimate of drug-likeness (QED) is 0.292. The number of amides is 1. The maximum absolute atomic E-state index is 15.6. The third-order valence-corrected chi connectivity index (χ3v) is 7.03. The number of aryl methyl sites for hydroxylation is 1. The number of carbonyl (C=O) groups excluding carboxylic acids is 1. The van der Waals surface area contributed by atoms with Crippen LogP contribution in [0.5, 0.6) is 11.5 Å². The Morgan fingerprint density at radius 1 is 1.17 bits per heavy atom. The van der Waals surface area contributed by atoms with E-state index in [1.807, 2.05) is 26.0 Å². The lowest BCUT2D eigenvalue weighted by Gasteiger charge is -2.31. The third-order valence-electron chi connectivity index (χ3n) is 7.03. The van der Waals surface area contributed by atoms with Crippen molar-refractivity contribution in [2.45, 2.75) is 33.2 Å². The molecule has 0 radical (unpaired) electrons. The molecule has 4 aromatic heterocycles. The summed E-state index contributed by atoms with van der Waals surface area (Å²) in [5.74, 6) is 1.14. The van der Waals surface area contributed by atoms with Gasteiger partial charge in [0.2, 0.25) is 5.91 Å². The maximum atomic E-state index is 15.6. The van der Waals surface area contributed by atoms with Crippen LogP contribution in [-0.4, -0.2) is 57.9 Å². The number of benzene rings is 1. The molecule has 1 aliphatic heterocycles. The summed E-state index contributed by atoms with van der Waals surface area (Å²) in [6.45, 7) is 9.57. The molecule has 1 amide bonds. The summed E-state index contributed by atoms with van der Waals surface area (Å²) in [5, 5.41) is 7.23. The molecule has 1 aromatic carbocycles. The minimum Gasteiger partial charge on any atom is -0.457 e. The fourth-order valence-electron chi connectivity index (χ4n) is 4.87. The molecule has 5 aromatic rings. The van der Waals surface area contributed by atoms with Gasteiger partial charge in [-0.05, 0) is 51.0 Å². The zero-order valence-corrected chi connectivity index (χ0v) is 22.7. The van der Waals surface area contributed by atoms with Crippen LogP contribution in [-0.2, 0) is 4.79 Å². The molecule has 1 atom stereocenters. The van der Waals surface area contributed by atoms with E-state index < -0.39 is 5.82 Å². The van der Waals surface area contributed by atoms with Crippen LogP contribution in [0.1, 0.15) is 30.4 Å². The molecule has 0 unspecified atom stereocenters. The molecule has 6 rings (SSSR count). The van der Waals surface area contributed by atoms with Gasteiger partial charge in [-0.15, -0.1) is 0 Å². The lowest BCUT2D eigenvalue weighted by molar-refractivity contribution is -0.127. The first-order valence-electron chi connectivity index (χ1n) is 13.0. The minimum atomic E-state index is -0.486. The summed E-state index contributed by atoms with van der Waals surface area (Å²) in [7, 11) is 0. The van der Waals surface area contributed by atoms with E-state index in [0.29, 0.717) is 58.4 Å². The zero-order valence-electron chi connectivity index (χ0n) is 22.7. The molecule has 0 saturated carbocycles. The molecule has 0 bridgehead atoms. The summed E-state index contributed by atoms with van der Waals surface area (Å²) in [4.78, 5) is 35.9. The lowest BCUT2D eigenvalue weighted by atomic mass is 10.0. The zero-order chi connectivity index (χ0) is 28.7. The van der Waals surface area contributed by atoms with Crippen LogP contribution in [0.3, 0.4) is 0 Å². The Labute approximate surface area is 234 Å². The average Bonchev–Trinajstić information content (AvgIpc) is 3.46. The SMILES string of the molecule is C=CC(=O)N1CCC(c2ncc3ncnc(Nc4ccc(Oc5cc(C)n6ncnc6c5)c(C)c4F)c3n2)=C[C@@H]1C. The van der Waals surface area contributed by atoms with E-state index in [2.05, 4.69) is 36.9 Å². The number of nitrogens with one attached hydrogen (secondary N) is 1. The van der Waals surface area contributed by atoms with Crippen molar-refractivity contribution in [3.63, 3.8) is 0 Å². The van der Waals surface area contributed by atoms with Gasteiger partial charge >= 0.3 is 0 Å². The van der Waals surface area contributed by atoms with Crippen molar-refractivity contribution in [1.82, 2.24) is 39.4 Å². The highest BCUT2D eigenvalue weighted by molar-refractivity contribution is 5.89. The molecule has 12 heteroatoms. The lowest BCUT2D eigenvalue weighted by Crippen LogP contribution is -2.39. The van der Waals surface area contributed by atoms with Crippen molar-refractivity contribution in [3.05, 3.63) is 84.7 Å². The van der Waals surface area contributed by atoms with Crippen molar-refractivity contribution in [2.75, 3.05) is 11.9 Å². The summed E-state index contributed by atoms with van der Waals surface area (Å²) < 4.78 is 23.3. The number of nitrogens with zero attached hydrogens (tertiary/aromatic N) is 8. The smallest absolute Gasteiger partial charge is 0.246 e. The van der Waals surface area contributed by atoms with Crippen molar-refractivity contribution >= 4 is 39.7 Å². The first-order valence-corrected chi connectivity index (χ1v) is 13.0. The van der Waals surface area contributed by atoms with Gasteiger partial charge in [-0.3, -0.25) is 4.79 Å². The standard InChI is InChI=1S/C29H26FN9O2/c1-5-25(40)38-9-8-19(10-16(38)2)28-31-13-22-27(37-28)29(34-14-32-22)36-21-6-7-23(18(4)26(21)30)41-20-11-17(3)39-24(12-20)33-15-35-39/h5-7,10-16H,1,8-9H2,2-4H3,(H,32,34,36)/t16-/m0/s1. The molecule has 0 aliphatic carbocycles. The Morgan fingerprint density at radius 2 is 2.02 bits per heavy atom. The molecule has 1 N–H and O–H groups in total. The highest BCUT2D eigenvalue weighted by atomic mass is 19.1. The van der Waals surface area contributed by atoms with Gasteiger partial charge < -0.3 is 15.0 Å². The topological polar surface area (TPSA) is 123 Å². The Bertz CT molecular complexity index is 1870. The predicted molar refractivity (Wildman–Crippen MR) is 151 cm³/mol. The maximum Gasteiger partial charge on any atom is 0.246 e. The van der Waals surface area contributed by atoms with Gasteiger partial charge in [0, 0.05) is 36.0 Å². The molecule has 1 aliphatic rings.